The van der Waals surface area contributed by atoms with Crippen molar-refractivity contribution in [1.82, 2.24) is 14.1 Å². The van der Waals surface area contributed by atoms with Crippen LogP contribution in [0.5, 0.6) is 0 Å². The molecule has 1 amide bonds. The standard InChI is InChI=1S/C22H24N4O6S/c1-14(21(28)23-15-8-7-9-16(12-15)33(30,31)25(2)3)32-20(27)13-19-17-10-5-6-11-18(17)22(29)26(4)24-19/h5-12,14H,13H2,1-4H3,(H,23,28)/t14-/m1/s1. The number of nitrogens with one attached hydrogen (secondary N) is 1. The largest absolute Gasteiger partial charge is 0.452 e. The lowest BCUT2D eigenvalue weighted by atomic mass is 10.1. The number of aromatic nitrogens is 2. The van der Waals surface area contributed by atoms with Crippen molar-refractivity contribution < 1.29 is 22.7 Å². The summed E-state index contributed by atoms with van der Waals surface area (Å²) in [6, 6.07) is 12.6. The average molecular weight is 473 g/mol. The number of nitrogens with zero attached hydrogens (tertiary/aromatic N) is 3. The number of benzene rings is 2. The van der Waals surface area contributed by atoms with E-state index in [9.17, 15) is 22.8 Å². The van der Waals surface area contributed by atoms with Crippen molar-refractivity contribution in [2.45, 2.75) is 24.3 Å². The van der Waals surface area contributed by atoms with E-state index in [2.05, 4.69) is 10.4 Å². The van der Waals surface area contributed by atoms with Gasteiger partial charge in [-0.05, 0) is 31.2 Å². The minimum absolute atomic E-state index is 0.0163. The first-order valence-electron chi connectivity index (χ1n) is 9.98. The Balaban J connectivity index is 1.70. The minimum Gasteiger partial charge on any atom is -0.452 e. The van der Waals surface area contributed by atoms with Crippen LogP contribution in [-0.2, 0) is 37.8 Å². The molecule has 2 aromatic carbocycles. The first-order valence-corrected chi connectivity index (χ1v) is 11.4. The molecule has 0 aliphatic heterocycles. The molecule has 11 heteroatoms. The van der Waals surface area contributed by atoms with Crippen LogP contribution in [0.1, 0.15) is 12.6 Å². The second-order valence-corrected chi connectivity index (χ2v) is 9.69. The molecule has 1 atom stereocenters. The van der Waals surface area contributed by atoms with Crippen molar-refractivity contribution in [3.05, 3.63) is 64.6 Å². The van der Waals surface area contributed by atoms with E-state index in [1.54, 1.807) is 24.3 Å². The molecule has 33 heavy (non-hydrogen) atoms. The molecule has 3 aromatic rings. The smallest absolute Gasteiger partial charge is 0.312 e. The molecule has 0 aliphatic rings. The molecule has 0 fully saturated rings. The Morgan fingerprint density at radius 1 is 1.12 bits per heavy atom. The van der Waals surface area contributed by atoms with E-state index >= 15 is 0 Å². The highest BCUT2D eigenvalue weighted by Crippen LogP contribution is 2.19. The molecule has 0 saturated carbocycles. The fraction of sp³-hybridized carbons (Fsp3) is 0.273. The molecule has 0 bridgehead atoms. The molecule has 1 heterocycles. The van der Waals surface area contributed by atoms with Crippen molar-refractivity contribution in [2.24, 2.45) is 7.05 Å². The monoisotopic (exact) mass is 472 g/mol. The fourth-order valence-corrected chi connectivity index (χ4v) is 4.07. The predicted molar refractivity (Wildman–Crippen MR) is 122 cm³/mol. The van der Waals surface area contributed by atoms with Gasteiger partial charge < -0.3 is 10.1 Å². The summed E-state index contributed by atoms with van der Waals surface area (Å²) in [5, 5.41) is 7.66. The third kappa shape index (κ3) is 5.26. The summed E-state index contributed by atoms with van der Waals surface area (Å²) in [6.07, 6.45) is -1.38. The lowest BCUT2D eigenvalue weighted by Crippen LogP contribution is -2.31. The first kappa shape index (κ1) is 24.1. The second kappa shape index (κ2) is 9.51. The summed E-state index contributed by atoms with van der Waals surface area (Å²) in [6.45, 7) is 1.40. The van der Waals surface area contributed by atoms with E-state index in [4.69, 9.17) is 4.74 Å². The number of amides is 1. The van der Waals surface area contributed by atoms with Gasteiger partial charge >= 0.3 is 5.97 Å². The Morgan fingerprint density at radius 2 is 1.79 bits per heavy atom. The number of sulfonamides is 1. The van der Waals surface area contributed by atoms with Crippen molar-refractivity contribution in [3.8, 4) is 0 Å². The van der Waals surface area contributed by atoms with Crippen molar-refractivity contribution >= 4 is 38.4 Å². The molecule has 0 unspecified atom stereocenters. The van der Waals surface area contributed by atoms with E-state index in [1.165, 1.54) is 52.3 Å². The highest BCUT2D eigenvalue weighted by molar-refractivity contribution is 7.89. The van der Waals surface area contributed by atoms with Gasteiger partial charge in [0.25, 0.3) is 11.5 Å². The quantitative estimate of drug-likeness (QED) is 0.513. The fourth-order valence-electron chi connectivity index (χ4n) is 3.12. The van der Waals surface area contributed by atoms with Crippen LogP contribution in [0, 0.1) is 0 Å². The summed E-state index contributed by atoms with van der Waals surface area (Å²) in [4.78, 5) is 37.2. The van der Waals surface area contributed by atoms with Crippen LogP contribution in [0.15, 0.2) is 58.2 Å². The maximum Gasteiger partial charge on any atom is 0.312 e. The summed E-state index contributed by atoms with van der Waals surface area (Å²) in [7, 11) is 0.637. The molecule has 174 valence electrons. The van der Waals surface area contributed by atoms with Gasteiger partial charge in [-0.1, -0.05) is 24.3 Å². The van der Waals surface area contributed by atoms with Gasteiger partial charge in [0, 0.05) is 32.2 Å². The molecular formula is C22H24N4O6S. The van der Waals surface area contributed by atoms with Gasteiger partial charge in [0.05, 0.1) is 22.4 Å². The second-order valence-electron chi connectivity index (χ2n) is 7.53. The SMILES string of the molecule is C[C@@H](OC(=O)Cc1nn(C)c(=O)c2ccccc12)C(=O)Nc1cccc(S(=O)(=O)N(C)C)c1. The number of hydrogen-bond donors (Lipinski definition) is 1. The zero-order valence-electron chi connectivity index (χ0n) is 18.6. The Labute approximate surface area is 190 Å². The molecule has 0 aliphatic carbocycles. The van der Waals surface area contributed by atoms with E-state index in [0.717, 1.165) is 8.99 Å². The number of esters is 1. The van der Waals surface area contributed by atoms with Crippen LogP contribution >= 0.6 is 0 Å². The lowest BCUT2D eigenvalue weighted by Gasteiger charge is -2.15. The number of rotatable bonds is 7. The first-order chi connectivity index (χ1) is 15.5. The van der Waals surface area contributed by atoms with Gasteiger partial charge in [0.1, 0.15) is 0 Å². The van der Waals surface area contributed by atoms with Gasteiger partial charge in [-0.3, -0.25) is 14.4 Å². The molecule has 0 spiro atoms. The maximum atomic E-state index is 12.5. The Bertz CT molecular complexity index is 1380. The van der Waals surface area contributed by atoms with Crippen molar-refractivity contribution in [1.29, 1.82) is 0 Å². The predicted octanol–water partition coefficient (Wildman–Crippen LogP) is 1.30. The van der Waals surface area contributed by atoms with Gasteiger partial charge in [0.15, 0.2) is 6.10 Å². The average Bonchev–Trinajstić information content (AvgIpc) is 2.77. The minimum atomic E-state index is -3.67. The number of anilines is 1. The van der Waals surface area contributed by atoms with E-state index in [0.29, 0.717) is 16.5 Å². The number of fused-ring (bicyclic) bond motifs is 1. The third-order valence-corrected chi connectivity index (χ3v) is 6.71. The molecule has 1 N–H and O–H groups in total. The van der Waals surface area contributed by atoms with Crippen LogP contribution in [-0.4, -0.2) is 54.6 Å². The van der Waals surface area contributed by atoms with E-state index < -0.39 is 28.0 Å². The topological polar surface area (TPSA) is 128 Å². The summed E-state index contributed by atoms with van der Waals surface area (Å²) >= 11 is 0. The van der Waals surface area contributed by atoms with E-state index in [-0.39, 0.29) is 22.6 Å². The lowest BCUT2D eigenvalue weighted by molar-refractivity contribution is -0.152. The highest BCUT2D eigenvalue weighted by Gasteiger charge is 2.22. The highest BCUT2D eigenvalue weighted by atomic mass is 32.2. The number of carbonyl (C=O) groups is 2. The van der Waals surface area contributed by atoms with Gasteiger partial charge in [0.2, 0.25) is 10.0 Å². The normalized spacial score (nSPS) is 12.5. The Morgan fingerprint density at radius 3 is 2.45 bits per heavy atom. The van der Waals surface area contributed by atoms with Gasteiger partial charge in [-0.2, -0.15) is 5.10 Å². The summed E-state index contributed by atoms with van der Waals surface area (Å²) in [5.41, 5.74) is 0.317. The Hall–Kier alpha value is -3.57. The molecule has 3 rings (SSSR count). The van der Waals surface area contributed by atoms with Crippen LogP contribution in [0.25, 0.3) is 10.8 Å². The number of hydrogen-bond acceptors (Lipinski definition) is 7. The summed E-state index contributed by atoms with van der Waals surface area (Å²) in [5.74, 6) is -1.32. The Kier molecular flexibility index (Phi) is 6.94. The molecule has 10 nitrogen and oxygen atoms in total. The zero-order chi connectivity index (χ0) is 24.3. The van der Waals surface area contributed by atoms with Crippen molar-refractivity contribution in [2.75, 3.05) is 19.4 Å². The molecular weight excluding hydrogens is 448 g/mol. The van der Waals surface area contributed by atoms with Crippen molar-refractivity contribution in [3.63, 3.8) is 0 Å². The van der Waals surface area contributed by atoms with Crippen LogP contribution in [0.4, 0.5) is 5.69 Å². The van der Waals surface area contributed by atoms with Crippen LogP contribution < -0.4 is 10.9 Å². The number of carbonyl (C=O) groups excluding carboxylic acids is 2. The molecule has 0 radical (unpaired) electrons. The zero-order valence-corrected chi connectivity index (χ0v) is 19.4. The van der Waals surface area contributed by atoms with E-state index in [1.807, 2.05) is 0 Å². The molecule has 1 aromatic heterocycles. The molecule has 0 saturated heterocycles. The maximum absolute atomic E-state index is 12.5. The number of ether oxygens (including phenoxy) is 1. The third-order valence-electron chi connectivity index (χ3n) is 4.90. The summed E-state index contributed by atoms with van der Waals surface area (Å²) < 4.78 is 32.0. The van der Waals surface area contributed by atoms with Gasteiger partial charge in [-0.15, -0.1) is 0 Å². The van der Waals surface area contributed by atoms with Crippen LogP contribution in [0.3, 0.4) is 0 Å². The number of aryl methyl sites for hydroxylation is 1. The van der Waals surface area contributed by atoms with Gasteiger partial charge in [-0.25, -0.2) is 17.4 Å². The van der Waals surface area contributed by atoms with Crippen LogP contribution in [0.2, 0.25) is 0 Å².